The average Bonchev–Trinajstić information content (AvgIpc) is 2.48. The molecule has 110 valence electrons. The summed E-state index contributed by atoms with van der Waals surface area (Å²) < 4.78 is 0. The van der Waals surface area contributed by atoms with Gasteiger partial charge in [-0.2, -0.15) is 0 Å². The second kappa shape index (κ2) is 6.39. The second-order valence-electron chi connectivity index (χ2n) is 5.82. The van der Waals surface area contributed by atoms with E-state index in [0.717, 1.165) is 31.9 Å². The molecule has 1 aliphatic heterocycles. The summed E-state index contributed by atoms with van der Waals surface area (Å²) in [4.78, 5) is 22.8. The Morgan fingerprint density at radius 2 is 2.20 bits per heavy atom. The van der Waals surface area contributed by atoms with Crippen LogP contribution in [-0.2, 0) is 4.79 Å². The molecule has 1 fully saturated rings. The van der Waals surface area contributed by atoms with Gasteiger partial charge in [0.2, 0.25) is 11.9 Å². The maximum Gasteiger partial charge on any atom is 0.227 e. The number of hydrogen-bond acceptors (Lipinski definition) is 4. The van der Waals surface area contributed by atoms with Gasteiger partial charge in [-0.3, -0.25) is 4.79 Å². The second-order valence-corrected chi connectivity index (χ2v) is 6.09. The lowest BCUT2D eigenvalue weighted by atomic mass is 9.94. The molecule has 1 aromatic rings. The van der Waals surface area contributed by atoms with Gasteiger partial charge in [-0.25, -0.2) is 9.97 Å². The highest BCUT2D eigenvalue weighted by Crippen LogP contribution is 2.20. The lowest BCUT2D eigenvalue weighted by molar-refractivity contribution is -0.129. The van der Waals surface area contributed by atoms with Crippen LogP contribution < -0.4 is 10.2 Å². The number of piperidine rings is 1. The largest absolute Gasteiger partial charge is 0.351 e. The lowest BCUT2D eigenvalue weighted by Crippen LogP contribution is -2.51. The van der Waals surface area contributed by atoms with E-state index in [1.54, 1.807) is 18.5 Å². The van der Waals surface area contributed by atoms with E-state index in [1.807, 2.05) is 13.8 Å². The molecule has 0 aliphatic carbocycles. The van der Waals surface area contributed by atoms with Crippen molar-refractivity contribution in [2.24, 2.45) is 5.41 Å². The number of rotatable bonds is 4. The van der Waals surface area contributed by atoms with Crippen LogP contribution in [0.3, 0.4) is 0 Å². The topological polar surface area (TPSA) is 58.1 Å². The number of alkyl halides is 1. The van der Waals surface area contributed by atoms with E-state index < -0.39 is 5.41 Å². The van der Waals surface area contributed by atoms with Crippen molar-refractivity contribution in [3.05, 3.63) is 18.5 Å². The molecule has 6 heteroatoms. The van der Waals surface area contributed by atoms with Crippen LogP contribution in [-0.4, -0.2) is 40.9 Å². The first-order valence-electron chi connectivity index (χ1n) is 6.92. The summed E-state index contributed by atoms with van der Waals surface area (Å²) in [6, 6.07) is 1.93. The highest BCUT2D eigenvalue weighted by Gasteiger charge is 2.30. The first kappa shape index (κ1) is 15.0. The van der Waals surface area contributed by atoms with Gasteiger partial charge in [0.25, 0.3) is 0 Å². The Kier molecular flexibility index (Phi) is 4.81. The van der Waals surface area contributed by atoms with Gasteiger partial charge in [-0.1, -0.05) is 0 Å². The number of aromatic nitrogens is 2. The average molecular weight is 297 g/mol. The number of amides is 1. The zero-order valence-electron chi connectivity index (χ0n) is 12.0. The van der Waals surface area contributed by atoms with Gasteiger partial charge >= 0.3 is 0 Å². The summed E-state index contributed by atoms with van der Waals surface area (Å²) in [5.74, 6) is 1.05. The maximum absolute atomic E-state index is 12.2. The van der Waals surface area contributed by atoms with Crippen LogP contribution in [0.5, 0.6) is 0 Å². The molecule has 1 aromatic heterocycles. The Bertz CT molecular complexity index is 452. The molecule has 0 spiro atoms. The van der Waals surface area contributed by atoms with Gasteiger partial charge in [0.05, 0.1) is 5.41 Å². The molecule has 20 heavy (non-hydrogen) atoms. The molecule has 0 saturated carbocycles. The molecule has 2 heterocycles. The fourth-order valence-electron chi connectivity index (χ4n) is 2.17. The highest BCUT2D eigenvalue weighted by atomic mass is 35.5. The van der Waals surface area contributed by atoms with Crippen molar-refractivity contribution in [2.45, 2.75) is 32.7 Å². The SMILES string of the molecule is CC(C)(CCl)C(=O)NC1CCCN(c2ncccn2)C1. The number of nitrogens with zero attached hydrogens (tertiary/aromatic N) is 3. The van der Waals surface area contributed by atoms with Gasteiger partial charge in [0, 0.05) is 37.4 Å². The molecule has 1 unspecified atom stereocenters. The minimum atomic E-state index is -0.535. The summed E-state index contributed by atoms with van der Waals surface area (Å²) in [6.45, 7) is 5.38. The van der Waals surface area contributed by atoms with Gasteiger partial charge < -0.3 is 10.2 Å². The first-order chi connectivity index (χ1) is 9.53. The number of halogens is 1. The van der Waals surface area contributed by atoms with Gasteiger partial charge in [0.1, 0.15) is 0 Å². The molecule has 5 nitrogen and oxygen atoms in total. The lowest BCUT2D eigenvalue weighted by Gasteiger charge is -2.34. The Morgan fingerprint density at radius 1 is 1.50 bits per heavy atom. The molecule has 1 aliphatic rings. The molecular weight excluding hydrogens is 276 g/mol. The summed E-state index contributed by atoms with van der Waals surface area (Å²) in [5.41, 5.74) is -0.535. The molecule has 0 bridgehead atoms. The van der Waals surface area contributed by atoms with Gasteiger partial charge in [0.15, 0.2) is 0 Å². The smallest absolute Gasteiger partial charge is 0.227 e. The van der Waals surface area contributed by atoms with E-state index in [1.165, 1.54) is 0 Å². The molecule has 1 saturated heterocycles. The number of hydrogen-bond donors (Lipinski definition) is 1. The van der Waals surface area contributed by atoms with E-state index in [4.69, 9.17) is 11.6 Å². The highest BCUT2D eigenvalue weighted by molar-refractivity contribution is 6.19. The zero-order valence-corrected chi connectivity index (χ0v) is 12.7. The summed E-state index contributed by atoms with van der Waals surface area (Å²) >= 11 is 5.84. The third kappa shape index (κ3) is 3.60. The van der Waals surface area contributed by atoms with Crippen LogP contribution in [0.15, 0.2) is 18.5 Å². The van der Waals surface area contributed by atoms with E-state index >= 15 is 0 Å². The van der Waals surface area contributed by atoms with E-state index in [0.29, 0.717) is 5.88 Å². The third-order valence-corrected chi connectivity index (χ3v) is 4.21. The Balaban J connectivity index is 1.96. The van der Waals surface area contributed by atoms with Crippen LogP contribution in [0.2, 0.25) is 0 Å². The fourth-order valence-corrected chi connectivity index (χ4v) is 2.29. The number of nitrogens with one attached hydrogen (secondary N) is 1. The predicted molar refractivity (Wildman–Crippen MR) is 79.9 cm³/mol. The van der Waals surface area contributed by atoms with Crippen LogP contribution in [0.1, 0.15) is 26.7 Å². The summed E-state index contributed by atoms with van der Waals surface area (Å²) in [7, 11) is 0. The molecule has 2 rings (SSSR count). The standard InChI is InChI=1S/C14H21ClN4O/c1-14(2,10-15)12(20)18-11-5-3-8-19(9-11)13-16-6-4-7-17-13/h4,6-7,11H,3,5,8-10H2,1-2H3,(H,18,20). The summed E-state index contributed by atoms with van der Waals surface area (Å²) in [6.07, 6.45) is 5.47. The molecular formula is C14H21ClN4O. The Morgan fingerprint density at radius 3 is 2.85 bits per heavy atom. The van der Waals surface area contributed by atoms with Crippen molar-refractivity contribution in [3.63, 3.8) is 0 Å². The minimum absolute atomic E-state index is 0.00771. The first-order valence-corrected chi connectivity index (χ1v) is 7.45. The van der Waals surface area contributed by atoms with E-state index in [-0.39, 0.29) is 11.9 Å². The van der Waals surface area contributed by atoms with Crippen molar-refractivity contribution in [1.82, 2.24) is 15.3 Å². The van der Waals surface area contributed by atoms with Crippen molar-refractivity contribution in [2.75, 3.05) is 23.9 Å². The quantitative estimate of drug-likeness (QED) is 0.861. The predicted octanol–water partition coefficient (Wildman–Crippen LogP) is 1.83. The normalized spacial score (nSPS) is 19.8. The Labute approximate surface area is 124 Å². The zero-order chi connectivity index (χ0) is 14.6. The van der Waals surface area contributed by atoms with Crippen molar-refractivity contribution < 1.29 is 4.79 Å². The summed E-state index contributed by atoms with van der Waals surface area (Å²) in [5, 5.41) is 3.09. The van der Waals surface area contributed by atoms with Crippen molar-refractivity contribution >= 4 is 23.5 Å². The van der Waals surface area contributed by atoms with Gasteiger partial charge in [-0.15, -0.1) is 11.6 Å². The van der Waals surface area contributed by atoms with E-state index in [2.05, 4.69) is 20.2 Å². The number of carbonyl (C=O) groups excluding carboxylic acids is 1. The van der Waals surface area contributed by atoms with Crippen molar-refractivity contribution in [1.29, 1.82) is 0 Å². The Hall–Kier alpha value is -1.36. The van der Waals surface area contributed by atoms with Crippen LogP contribution in [0.25, 0.3) is 0 Å². The molecule has 1 N–H and O–H groups in total. The van der Waals surface area contributed by atoms with E-state index in [9.17, 15) is 4.79 Å². The molecule has 0 radical (unpaired) electrons. The molecule has 1 atom stereocenters. The van der Waals surface area contributed by atoms with Crippen LogP contribution in [0, 0.1) is 5.41 Å². The molecule has 1 amide bonds. The van der Waals surface area contributed by atoms with Crippen LogP contribution >= 0.6 is 11.6 Å². The van der Waals surface area contributed by atoms with Crippen LogP contribution in [0.4, 0.5) is 5.95 Å². The minimum Gasteiger partial charge on any atom is -0.351 e. The van der Waals surface area contributed by atoms with Gasteiger partial charge in [-0.05, 0) is 32.8 Å². The number of anilines is 1. The fraction of sp³-hybridized carbons (Fsp3) is 0.643. The number of carbonyl (C=O) groups is 1. The molecule has 0 aromatic carbocycles. The third-order valence-electron chi connectivity index (χ3n) is 3.54. The monoisotopic (exact) mass is 296 g/mol. The van der Waals surface area contributed by atoms with Crippen molar-refractivity contribution in [3.8, 4) is 0 Å². The maximum atomic E-state index is 12.2.